The summed E-state index contributed by atoms with van der Waals surface area (Å²) in [5.41, 5.74) is 7.07. The summed E-state index contributed by atoms with van der Waals surface area (Å²) in [6, 6.07) is 20.1. The molecule has 0 aliphatic rings. The van der Waals surface area contributed by atoms with Gasteiger partial charge in [-0.05, 0) is 53.9 Å². The average molecular weight is 530 g/mol. The summed E-state index contributed by atoms with van der Waals surface area (Å²) in [5.74, 6) is -0.557. The van der Waals surface area contributed by atoms with Gasteiger partial charge in [0.2, 0.25) is 15.9 Å². The molecule has 0 bridgehead atoms. The fraction of sp³-hybridized carbons (Fsp3) is 0.296. The maximum atomic E-state index is 13.7. The van der Waals surface area contributed by atoms with Crippen LogP contribution in [0.4, 0.5) is 4.39 Å². The van der Waals surface area contributed by atoms with E-state index in [1.54, 1.807) is 7.11 Å². The molecule has 4 N–H and O–H groups in total. The number of nitrogens with zero attached hydrogens (tertiary/aromatic N) is 1. The van der Waals surface area contributed by atoms with Gasteiger partial charge in [-0.2, -0.15) is 4.31 Å². The van der Waals surface area contributed by atoms with Gasteiger partial charge in [0.25, 0.3) is 0 Å². The van der Waals surface area contributed by atoms with Crippen molar-refractivity contribution in [3.8, 4) is 5.75 Å². The largest absolute Gasteiger partial charge is 0.497 e. The van der Waals surface area contributed by atoms with Gasteiger partial charge in [0.05, 0.1) is 24.2 Å². The molecule has 0 spiro atoms. The van der Waals surface area contributed by atoms with Gasteiger partial charge in [0.1, 0.15) is 11.6 Å². The number of sulfonamides is 1. The fourth-order valence-electron chi connectivity index (χ4n) is 3.99. The lowest BCUT2D eigenvalue weighted by atomic mass is 10.0. The molecule has 2 atom stereocenters. The maximum Gasteiger partial charge on any atom is 0.243 e. The second kappa shape index (κ2) is 13.3. The third-order valence-corrected chi connectivity index (χ3v) is 7.86. The highest BCUT2D eigenvalue weighted by Gasteiger charge is 2.36. The second-order valence-electron chi connectivity index (χ2n) is 8.59. The van der Waals surface area contributed by atoms with Gasteiger partial charge in [0.15, 0.2) is 0 Å². The van der Waals surface area contributed by atoms with E-state index in [4.69, 9.17) is 10.5 Å². The number of rotatable bonds is 14. The second-order valence-corrected chi connectivity index (χ2v) is 10.5. The lowest BCUT2D eigenvalue weighted by Crippen LogP contribution is -2.52. The van der Waals surface area contributed by atoms with E-state index in [1.165, 1.54) is 0 Å². The zero-order valence-corrected chi connectivity index (χ0v) is 21.4. The Morgan fingerprint density at radius 1 is 1.05 bits per heavy atom. The van der Waals surface area contributed by atoms with E-state index in [0.29, 0.717) is 12.3 Å². The lowest BCUT2D eigenvalue weighted by molar-refractivity contribution is -0.118. The summed E-state index contributed by atoms with van der Waals surface area (Å²) in [4.78, 5) is 11.5. The molecule has 3 rings (SSSR count). The van der Waals surface area contributed by atoms with E-state index in [2.05, 4.69) is 5.32 Å². The van der Waals surface area contributed by atoms with Crippen LogP contribution >= 0.6 is 0 Å². The van der Waals surface area contributed by atoms with E-state index < -0.39 is 33.9 Å². The lowest BCUT2D eigenvalue weighted by Gasteiger charge is -2.34. The first-order valence-corrected chi connectivity index (χ1v) is 13.3. The fourth-order valence-corrected chi connectivity index (χ4v) is 5.65. The van der Waals surface area contributed by atoms with Crippen molar-refractivity contribution in [2.24, 2.45) is 5.73 Å². The SMILES string of the molecule is COc1cccc(CNC[C@@H](O)[C@H](Cc2ccccc2)N(CCC(N)=O)S(=O)(=O)c2ccc(F)cc2)c1. The third kappa shape index (κ3) is 8.09. The number of methoxy groups -OCH3 is 1. The Morgan fingerprint density at radius 3 is 2.38 bits per heavy atom. The molecule has 0 unspecified atom stereocenters. The van der Waals surface area contributed by atoms with Gasteiger partial charge in [0, 0.05) is 26.1 Å². The van der Waals surface area contributed by atoms with Crippen molar-refractivity contribution in [1.29, 1.82) is 0 Å². The summed E-state index contributed by atoms with van der Waals surface area (Å²) in [6.45, 7) is 0.249. The molecule has 37 heavy (non-hydrogen) atoms. The van der Waals surface area contributed by atoms with Crippen molar-refractivity contribution >= 4 is 15.9 Å². The first-order valence-electron chi connectivity index (χ1n) is 11.8. The van der Waals surface area contributed by atoms with Crippen LogP contribution in [0.2, 0.25) is 0 Å². The summed E-state index contributed by atoms with van der Waals surface area (Å²) >= 11 is 0. The molecule has 0 saturated carbocycles. The number of halogens is 1. The molecule has 0 aliphatic heterocycles. The number of aliphatic hydroxyl groups excluding tert-OH is 1. The Kier molecular flexibility index (Phi) is 10.2. The van der Waals surface area contributed by atoms with Gasteiger partial charge in [-0.1, -0.05) is 42.5 Å². The molecule has 1 amide bonds. The van der Waals surface area contributed by atoms with Crippen molar-refractivity contribution in [3.63, 3.8) is 0 Å². The first-order chi connectivity index (χ1) is 17.7. The molecule has 3 aromatic rings. The number of nitrogens with two attached hydrogens (primary N) is 1. The molecule has 0 fully saturated rings. The molecule has 0 aliphatic carbocycles. The van der Waals surface area contributed by atoms with Crippen LogP contribution in [0.3, 0.4) is 0 Å². The highest BCUT2D eigenvalue weighted by molar-refractivity contribution is 7.89. The number of carbonyl (C=O) groups is 1. The Hall–Kier alpha value is -3.31. The van der Waals surface area contributed by atoms with Crippen molar-refractivity contribution in [2.45, 2.75) is 36.4 Å². The zero-order valence-electron chi connectivity index (χ0n) is 20.6. The Morgan fingerprint density at radius 2 is 1.73 bits per heavy atom. The predicted molar refractivity (Wildman–Crippen MR) is 139 cm³/mol. The molecular formula is C27H32FN3O5S. The molecular weight excluding hydrogens is 497 g/mol. The monoisotopic (exact) mass is 529 g/mol. The molecule has 198 valence electrons. The van der Waals surface area contributed by atoms with E-state index in [0.717, 1.165) is 39.7 Å². The number of nitrogens with one attached hydrogen (secondary N) is 1. The van der Waals surface area contributed by atoms with Crippen LogP contribution in [0.1, 0.15) is 17.5 Å². The third-order valence-electron chi connectivity index (χ3n) is 5.92. The molecule has 0 aromatic heterocycles. The van der Waals surface area contributed by atoms with Crippen LogP contribution in [0.5, 0.6) is 5.75 Å². The maximum absolute atomic E-state index is 13.7. The normalized spacial score (nSPS) is 13.3. The number of carbonyl (C=O) groups excluding carboxylic acids is 1. The highest BCUT2D eigenvalue weighted by Crippen LogP contribution is 2.23. The van der Waals surface area contributed by atoms with Crippen molar-refractivity contribution in [1.82, 2.24) is 9.62 Å². The smallest absolute Gasteiger partial charge is 0.243 e. The first kappa shape index (κ1) is 28.3. The van der Waals surface area contributed by atoms with Gasteiger partial charge < -0.3 is 20.9 Å². The van der Waals surface area contributed by atoms with Crippen LogP contribution in [-0.2, 0) is 27.8 Å². The molecule has 0 heterocycles. The topological polar surface area (TPSA) is 122 Å². The molecule has 0 radical (unpaired) electrons. The van der Waals surface area contributed by atoms with E-state index in [-0.39, 0.29) is 30.8 Å². The Balaban J connectivity index is 1.89. The number of amides is 1. The van der Waals surface area contributed by atoms with Crippen LogP contribution in [-0.4, -0.2) is 56.1 Å². The molecule has 0 saturated heterocycles. The molecule has 10 heteroatoms. The van der Waals surface area contributed by atoms with Gasteiger partial charge in [-0.15, -0.1) is 0 Å². The average Bonchev–Trinajstić information content (AvgIpc) is 2.88. The van der Waals surface area contributed by atoms with Crippen LogP contribution in [0.25, 0.3) is 0 Å². The summed E-state index contributed by atoms with van der Waals surface area (Å²) < 4.78 is 47.2. The quantitative estimate of drug-likeness (QED) is 0.295. The number of ether oxygens (including phenoxy) is 1. The van der Waals surface area contributed by atoms with Crippen molar-refractivity contribution in [3.05, 3.63) is 95.8 Å². The van der Waals surface area contributed by atoms with E-state index in [9.17, 15) is 22.7 Å². The summed E-state index contributed by atoms with van der Waals surface area (Å²) in [6.07, 6.45) is -1.20. The predicted octanol–water partition coefficient (Wildman–Crippen LogP) is 2.46. The van der Waals surface area contributed by atoms with Crippen molar-refractivity contribution in [2.75, 3.05) is 20.2 Å². The number of primary amides is 1. The summed E-state index contributed by atoms with van der Waals surface area (Å²) in [7, 11) is -2.63. The van der Waals surface area contributed by atoms with Crippen LogP contribution < -0.4 is 15.8 Å². The number of aliphatic hydroxyl groups is 1. The molecule has 3 aromatic carbocycles. The minimum absolute atomic E-state index is 0.0702. The Bertz CT molecular complexity index is 1260. The van der Waals surface area contributed by atoms with E-state index >= 15 is 0 Å². The highest BCUT2D eigenvalue weighted by atomic mass is 32.2. The zero-order chi connectivity index (χ0) is 26.8. The van der Waals surface area contributed by atoms with Crippen LogP contribution in [0.15, 0.2) is 83.8 Å². The number of hydrogen-bond donors (Lipinski definition) is 3. The molecule has 8 nitrogen and oxygen atoms in total. The van der Waals surface area contributed by atoms with Gasteiger partial charge in [-0.3, -0.25) is 4.79 Å². The standard InChI is InChI=1S/C27H32FN3O5S/c1-36-23-9-5-8-21(16-23)18-30-19-26(32)25(17-20-6-3-2-4-7-20)31(15-14-27(29)33)37(34,35)24-12-10-22(28)11-13-24/h2-13,16,25-26,30,32H,14-15,17-19H2,1H3,(H2,29,33)/t25-,26+/m0/s1. The van der Waals surface area contributed by atoms with Gasteiger partial charge in [-0.25, -0.2) is 12.8 Å². The number of benzene rings is 3. The van der Waals surface area contributed by atoms with Crippen LogP contribution in [0, 0.1) is 5.82 Å². The summed E-state index contributed by atoms with van der Waals surface area (Å²) in [5, 5.41) is 14.4. The number of hydrogen-bond acceptors (Lipinski definition) is 6. The minimum atomic E-state index is -4.21. The Labute approximate surface area is 216 Å². The van der Waals surface area contributed by atoms with Gasteiger partial charge >= 0.3 is 0 Å². The van der Waals surface area contributed by atoms with E-state index in [1.807, 2.05) is 54.6 Å². The minimum Gasteiger partial charge on any atom is -0.497 e. The van der Waals surface area contributed by atoms with Crippen molar-refractivity contribution < 1.29 is 27.4 Å².